The van der Waals surface area contributed by atoms with E-state index >= 15 is 0 Å². The molecular formula is C21H23N3O3S2. The average molecular weight is 430 g/mol. The smallest absolute Gasteiger partial charge is 0.236 e. The number of carbonyl (C=O) groups excluding carboxylic acids is 2. The van der Waals surface area contributed by atoms with Gasteiger partial charge < -0.3 is 15.4 Å². The van der Waals surface area contributed by atoms with Gasteiger partial charge in [0.2, 0.25) is 11.8 Å². The van der Waals surface area contributed by atoms with Crippen LogP contribution < -0.4 is 15.4 Å². The molecule has 6 nitrogen and oxygen atoms in total. The van der Waals surface area contributed by atoms with Gasteiger partial charge in [-0.2, -0.15) is 0 Å². The molecule has 8 heteroatoms. The van der Waals surface area contributed by atoms with Crippen molar-refractivity contribution in [3.05, 3.63) is 42.5 Å². The molecule has 0 atom stereocenters. The molecule has 0 bridgehead atoms. The Hall–Kier alpha value is -2.58. The number of ether oxygens (including phenoxy) is 1. The normalized spacial score (nSPS) is 10.7. The first-order valence-electron chi connectivity index (χ1n) is 9.43. The van der Waals surface area contributed by atoms with Crippen LogP contribution in [0.25, 0.3) is 10.2 Å². The second-order valence-corrected chi connectivity index (χ2v) is 8.32. The van der Waals surface area contributed by atoms with E-state index in [4.69, 9.17) is 4.74 Å². The van der Waals surface area contributed by atoms with Crippen molar-refractivity contribution < 1.29 is 14.3 Å². The van der Waals surface area contributed by atoms with Crippen molar-refractivity contribution in [2.45, 2.75) is 31.6 Å². The highest BCUT2D eigenvalue weighted by Crippen LogP contribution is 2.29. The fourth-order valence-corrected chi connectivity index (χ4v) is 4.30. The Labute approximate surface area is 178 Å². The van der Waals surface area contributed by atoms with Crippen LogP contribution in [0.3, 0.4) is 0 Å². The molecule has 0 aliphatic heterocycles. The SMILES string of the molecule is CCCC(=O)Nc1cccc(SCC(=O)Nc2nc3ccc(OCC)cc3s2)c1. The number of anilines is 2. The number of amides is 2. The summed E-state index contributed by atoms with van der Waals surface area (Å²) in [6.07, 6.45) is 1.30. The number of fused-ring (bicyclic) bond motifs is 1. The number of thioether (sulfide) groups is 1. The van der Waals surface area contributed by atoms with Crippen LogP contribution in [0.15, 0.2) is 47.4 Å². The Morgan fingerprint density at radius 2 is 1.97 bits per heavy atom. The molecule has 3 rings (SSSR count). The van der Waals surface area contributed by atoms with Gasteiger partial charge in [-0.15, -0.1) is 11.8 Å². The molecule has 1 heterocycles. The molecule has 3 aromatic rings. The van der Waals surface area contributed by atoms with Crippen LogP contribution in [0.5, 0.6) is 5.75 Å². The zero-order valence-electron chi connectivity index (χ0n) is 16.4. The topological polar surface area (TPSA) is 80.3 Å². The molecule has 0 unspecified atom stereocenters. The number of nitrogens with one attached hydrogen (secondary N) is 2. The first-order chi connectivity index (χ1) is 14.1. The second-order valence-electron chi connectivity index (χ2n) is 6.24. The van der Waals surface area contributed by atoms with E-state index in [1.54, 1.807) is 0 Å². The lowest BCUT2D eigenvalue weighted by atomic mass is 10.3. The summed E-state index contributed by atoms with van der Waals surface area (Å²) in [5.74, 6) is 0.921. The Balaban J connectivity index is 1.56. The summed E-state index contributed by atoms with van der Waals surface area (Å²) in [5, 5.41) is 6.29. The van der Waals surface area contributed by atoms with Gasteiger partial charge in [0, 0.05) is 17.0 Å². The van der Waals surface area contributed by atoms with Crippen molar-refractivity contribution in [3.63, 3.8) is 0 Å². The van der Waals surface area contributed by atoms with Gasteiger partial charge in [0.25, 0.3) is 0 Å². The molecule has 2 N–H and O–H groups in total. The maximum absolute atomic E-state index is 12.3. The summed E-state index contributed by atoms with van der Waals surface area (Å²) in [7, 11) is 0. The van der Waals surface area contributed by atoms with Gasteiger partial charge in [-0.25, -0.2) is 4.98 Å². The number of hydrogen-bond donors (Lipinski definition) is 2. The van der Waals surface area contributed by atoms with Crippen molar-refractivity contribution in [2.24, 2.45) is 0 Å². The molecule has 2 aromatic carbocycles. The van der Waals surface area contributed by atoms with Crippen LogP contribution in [0.2, 0.25) is 0 Å². The Morgan fingerprint density at radius 3 is 2.76 bits per heavy atom. The lowest BCUT2D eigenvalue weighted by Gasteiger charge is -2.07. The summed E-state index contributed by atoms with van der Waals surface area (Å²) >= 11 is 2.83. The summed E-state index contributed by atoms with van der Waals surface area (Å²) in [5.41, 5.74) is 1.57. The fraction of sp³-hybridized carbons (Fsp3) is 0.286. The van der Waals surface area contributed by atoms with Gasteiger partial charge in [-0.05, 0) is 49.7 Å². The number of aromatic nitrogens is 1. The monoisotopic (exact) mass is 429 g/mol. The Morgan fingerprint density at radius 1 is 1.10 bits per heavy atom. The van der Waals surface area contributed by atoms with Crippen LogP contribution in [-0.2, 0) is 9.59 Å². The van der Waals surface area contributed by atoms with Crippen LogP contribution in [0, 0.1) is 0 Å². The Bertz CT molecular complexity index is 1000. The summed E-state index contributed by atoms with van der Waals surface area (Å²) in [6, 6.07) is 13.2. The van der Waals surface area contributed by atoms with Crippen LogP contribution in [-0.4, -0.2) is 29.2 Å². The lowest BCUT2D eigenvalue weighted by Crippen LogP contribution is -2.13. The molecule has 0 fully saturated rings. The number of nitrogens with zero attached hydrogens (tertiary/aromatic N) is 1. The maximum Gasteiger partial charge on any atom is 0.236 e. The van der Waals surface area contributed by atoms with E-state index in [0.29, 0.717) is 18.2 Å². The van der Waals surface area contributed by atoms with Crippen LogP contribution in [0.1, 0.15) is 26.7 Å². The fourth-order valence-electron chi connectivity index (χ4n) is 2.63. The highest BCUT2D eigenvalue weighted by atomic mass is 32.2. The number of rotatable bonds is 9. The van der Waals surface area contributed by atoms with E-state index in [2.05, 4.69) is 15.6 Å². The van der Waals surface area contributed by atoms with Gasteiger partial charge >= 0.3 is 0 Å². The number of benzene rings is 2. The van der Waals surface area contributed by atoms with E-state index in [1.807, 2.05) is 56.3 Å². The van der Waals surface area contributed by atoms with E-state index in [9.17, 15) is 9.59 Å². The minimum absolute atomic E-state index is 0.00396. The molecule has 0 spiro atoms. The second kappa shape index (κ2) is 10.3. The molecule has 0 saturated heterocycles. The summed E-state index contributed by atoms with van der Waals surface area (Å²) < 4.78 is 6.47. The minimum Gasteiger partial charge on any atom is -0.494 e. The minimum atomic E-state index is -0.125. The molecule has 2 amide bonds. The van der Waals surface area contributed by atoms with E-state index in [1.165, 1.54) is 23.1 Å². The number of thiazole rings is 1. The third-order valence-corrected chi connectivity index (χ3v) is 5.81. The predicted octanol–water partition coefficient (Wildman–Crippen LogP) is 5.16. The van der Waals surface area contributed by atoms with Crippen molar-refractivity contribution in [2.75, 3.05) is 23.0 Å². The van der Waals surface area contributed by atoms with Crippen molar-refractivity contribution in [1.82, 2.24) is 4.98 Å². The molecule has 0 saturated carbocycles. The molecule has 0 aliphatic carbocycles. The van der Waals surface area contributed by atoms with Gasteiger partial charge in [0.15, 0.2) is 5.13 Å². The molecule has 0 aliphatic rings. The van der Waals surface area contributed by atoms with Gasteiger partial charge in [0.1, 0.15) is 5.75 Å². The van der Waals surface area contributed by atoms with E-state index in [-0.39, 0.29) is 17.6 Å². The highest BCUT2D eigenvalue weighted by molar-refractivity contribution is 8.00. The van der Waals surface area contributed by atoms with Crippen LogP contribution in [0.4, 0.5) is 10.8 Å². The summed E-state index contributed by atoms with van der Waals surface area (Å²) in [4.78, 5) is 29.4. The van der Waals surface area contributed by atoms with Gasteiger partial charge in [-0.3, -0.25) is 9.59 Å². The highest BCUT2D eigenvalue weighted by Gasteiger charge is 2.10. The number of hydrogen-bond acceptors (Lipinski definition) is 6. The zero-order chi connectivity index (χ0) is 20.6. The summed E-state index contributed by atoms with van der Waals surface area (Å²) in [6.45, 7) is 4.51. The van der Waals surface area contributed by atoms with Gasteiger partial charge in [0.05, 0.1) is 22.6 Å². The maximum atomic E-state index is 12.3. The Kier molecular flexibility index (Phi) is 7.48. The first-order valence-corrected chi connectivity index (χ1v) is 11.2. The average Bonchev–Trinajstić information content (AvgIpc) is 3.08. The van der Waals surface area contributed by atoms with E-state index in [0.717, 1.165) is 33.0 Å². The quantitative estimate of drug-likeness (QED) is 0.459. The first kappa shape index (κ1) is 21.1. The largest absolute Gasteiger partial charge is 0.494 e. The molecular weight excluding hydrogens is 406 g/mol. The third kappa shape index (κ3) is 6.20. The molecule has 0 radical (unpaired) electrons. The lowest BCUT2D eigenvalue weighted by molar-refractivity contribution is -0.116. The molecule has 29 heavy (non-hydrogen) atoms. The van der Waals surface area contributed by atoms with Gasteiger partial charge in [-0.1, -0.05) is 24.3 Å². The zero-order valence-corrected chi connectivity index (χ0v) is 18.0. The number of carbonyl (C=O) groups is 2. The van der Waals surface area contributed by atoms with Crippen LogP contribution >= 0.6 is 23.1 Å². The van der Waals surface area contributed by atoms with E-state index < -0.39 is 0 Å². The van der Waals surface area contributed by atoms with Crippen molar-refractivity contribution in [1.29, 1.82) is 0 Å². The molecule has 1 aromatic heterocycles. The van der Waals surface area contributed by atoms with Crippen molar-refractivity contribution >= 4 is 55.9 Å². The van der Waals surface area contributed by atoms with Crippen molar-refractivity contribution in [3.8, 4) is 5.75 Å². The molecule has 152 valence electrons. The standard InChI is InChI=1S/C21H23N3O3S2/c1-3-6-19(25)22-14-7-5-8-16(11-14)28-13-20(26)24-21-23-17-10-9-15(27-4-2)12-18(17)29-21/h5,7-12H,3-4,6,13H2,1-2H3,(H,22,25)(H,23,24,26). The third-order valence-electron chi connectivity index (χ3n) is 3.88. The predicted molar refractivity (Wildman–Crippen MR) is 120 cm³/mol.